The molecule has 0 radical (unpaired) electrons. The molecule has 0 rings (SSSR count). The molecule has 0 saturated carbocycles. The molecular formula is C9H19NO4S. The number of ether oxygens (including phenoxy) is 1. The van der Waals surface area contributed by atoms with Crippen LogP contribution >= 0.6 is 0 Å². The van der Waals surface area contributed by atoms with E-state index >= 15 is 0 Å². The summed E-state index contributed by atoms with van der Waals surface area (Å²) in [6.07, 6.45) is 1.75. The standard InChI is InChI=1S/C9H19NO4S/c1-5-9(2,3)8(11)14-7-6-10-15(4,12)13/h10H,5-7H2,1-4H3. The highest BCUT2D eigenvalue weighted by atomic mass is 32.2. The highest BCUT2D eigenvalue weighted by Crippen LogP contribution is 2.21. The minimum atomic E-state index is -3.20. The van der Waals surface area contributed by atoms with Crippen molar-refractivity contribution in [1.29, 1.82) is 0 Å². The number of sulfonamides is 1. The first-order chi connectivity index (χ1) is 6.69. The summed E-state index contributed by atoms with van der Waals surface area (Å²) in [5, 5.41) is 0. The van der Waals surface area contributed by atoms with Crippen LogP contribution in [0, 0.1) is 5.41 Å². The van der Waals surface area contributed by atoms with Crippen LogP contribution in [0.5, 0.6) is 0 Å². The van der Waals surface area contributed by atoms with Gasteiger partial charge in [0.25, 0.3) is 0 Å². The van der Waals surface area contributed by atoms with Gasteiger partial charge >= 0.3 is 5.97 Å². The lowest BCUT2D eigenvalue weighted by molar-refractivity contribution is -0.153. The van der Waals surface area contributed by atoms with Gasteiger partial charge < -0.3 is 4.74 Å². The van der Waals surface area contributed by atoms with Crippen LogP contribution in [0.3, 0.4) is 0 Å². The van der Waals surface area contributed by atoms with Crippen LogP contribution in [0.2, 0.25) is 0 Å². The van der Waals surface area contributed by atoms with Gasteiger partial charge in [0, 0.05) is 6.54 Å². The molecule has 15 heavy (non-hydrogen) atoms. The lowest BCUT2D eigenvalue weighted by Gasteiger charge is -2.20. The summed E-state index contributed by atoms with van der Waals surface area (Å²) in [4.78, 5) is 11.4. The van der Waals surface area contributed by atoms with Crippen molar-refractivity contribution >= 4 is 16.0 Å². The zero-order valence-corrected chi connectivity index (χ0v) is 10.5. The Morgan fingerprint density at radius 1 is 1.40 bits per heavy atom. The third-order valence-electron chi connectivity index (χ3n) is 2.14. The van der Waals surface area contributed by atoms with Crippen molar-refractivity contribution in [1.82, 2.24) is 4.72 Å². The first-order valence-corrected chi connectivity index (χ1v) is 6.70. The normalized spacial score (nSPS) is 12.5. The molecular weight excluding hydrogens is 218 g/mol. The van der Waals surface area contributed by atoms with E-state index in [2.05, 4.69) is 4.72 Å². The molecule has 0 aromatic carbocycles. The van der Waals surface area contributed by atoms with Gasteiger partial charge in [0.05, 0.1) is 11.7 Å². The van der Waals surface area contributed by atoms with Crippen LogP contribution in [0.25, 0.3) is 0 Å². The summed E-state index contributed by atoms with van der Waals surface area (Å²) in [5.41, 5.74) is -0.509. The Balaban J connectivity index is 3.84. The van der Waals surface area contributed by atoms with Gasteiger partial charge in [-0.25, -0.2) is 13.1 Å². The molecule has 0 spiro atoms. The van der Waals surface area contributed by atoms with Crippen molar-refractivity contribution in [3.63, 3.8) is 0 Å². The Labute approximate surface area is 91.2 Å². The fourth-order valence-corrected chi connectivity index (χ4v) is 1.16. The molecule has 0 bridgehead atoms. The minimum absolute atomic E-state index is 0.0648. The van der Waals surface area contributed by atoms with Gasteiger partial charge in [-0.1, -0.05) is 6.92 Å². The summed E-state index contributed by atoms with van der Waals surface area (Å²) >= 11 is 0. The molecule has 0 aliphatic heterocycles. The molecule has 0 atom stereocenters. The van der Waals surface area contributed by atoms with Crippen LogP contribution in [0.4, 0.5) is 0 Å². The molecule has 0 unspecified atom stereocenters. The maximum absolute atomic E-state index is 11.4. The highest BCUT2D eigenvalue weighted by Gasteiger charge is 2.26. The summed E-state index contributed by atoms with van der Waals surface area (Å²) in [5.74, 6) is -0.305. The third-order valence-corrected chi connectivity index (χ3v) is 2.86. The lowest BCUT2D eigenvalue weighted by Crippen LogP contribution is -2.31. The first-order valence-electron chi connectivity index (χ1n) is 4.81. The largest absolute Gasteiger partial charge is 0.464 e. The minimum Gasteiger partial charge on any atom is -0.464 e. The molecule has 0 saturated heterocycles. The molecule has 0 amide bonds. The summed E-state index contributed by atoms with van der Waals surface area (Å²) in [6, 6.07) is 0. The van der Waals surface area contributed by atoms with E-state index in [0.717, 1.165) is 6.26 Å². The molecule has 0 aliphatic rings. The van der Waals surface area contributed by atoms with E-state index in [9.17, 15) is 13.2 Å². The van der Waals surface area contributed by atoms with E-state index in [4.69, 9.17) is 4.74 Å². The van der Waals surface area contributed by atoms with Gasteiger partial charge in [-0.15, -0.1) is 0 Å². The van der Waals surface area contributed by atoms with Gasteiger partial charge in [-0.05, 0) is 20.3 Å². The zero-order chi connectivity index (χ0) is 12.1. The van der Waals surface area contributed by atoms with Gasteiger partial charge in [0.15, 0.2) is 0 Å². The van der Waals surface area contributed by atoms with Crippen LogP contribution < -0.4 is 4.72 Å². The zero-order valence-electron chi connectivity index (χ0n) is 9.66. The first kappa shape index (κ1) is 14.4. The summed E-state index contributed by atoms with van der Waals surface area (Å²) in [6.45, 7) is 5.66. The summed E-state index contributed by atoms with van der Waals surface area (Å²) < 4.78 is 28.5. The van der Waals surface area contributed by atoms with Crippen molar-refractivity contribution in [2.75, 3.05) is 19.4 Å². The Kier molecular flexibility index (Phi) is 5.23. The van der Waals surface area contributed by atoms with Gasteiger partial charge in [0.2, 0.25) is 10.0 Å². The van der Waals surface area contributed by atoms with E-state index in [1.165, 1.54) is 0 Å². The van der Waals surface area contributed by atoms with Crippen LogP contribution in [-0.2, 0) is 19.6 Å². The van der Waals surface area contributed by atoms with E-state index < -0.39 is 15.4 Å². The number of carbonyl (C=O) groups is 1. The Bertz CT molecular complexity index is 308. The number of carbonyl (C=O) groups excluding carboxylic acids is 1. The second-order valence-electron chi connectivity index (χ2n) is 4.04. The Morgan fingerprint density at radius 2 is 1.93 bits per heavy atom. The smallest absolute Gasteiger partial charge is 0.311 e. The molecule has 0 aromatic heterocycles. The van der Waals surface area contributed by atoms with Crippen molar-refractivity contribution in [2.45, 2.75) is 27.2 Å². The maximum Gasteiger partial charge on any atom is 0.311 e. The Hall–Kier alpha value is -0.620. The number of esters is 1. The molecule has 0 fully saturated rings. The number of nitrogens with one attached hydrogen (secondary N) is 1. The molecule has 0 aliphatic carbocycles. The second kappa shape index (κ2) is 5.46. The monoisotopic (exact) mass is 237 g/mol. The quantitative estimate of drug-likeness (QED) is 0.540. The van der Waals surface area contributed by atoms with Crippen LogP contribution in [0.1, 0.15) is 27.2 Å². The van der Waals surface area contributed by atoms with Crippen LogP contribution in [-0.4, -0.2) is 33.8 Å². The van der Waals surface area contributed by atoms with E-state index in [0.29, 0.717) is 6.42 Å². The summed E-state index contributed by atoms with van der Waals surface area (Å²) in [7, 11) is -3.20. The van der Waals surface area contributed by atoms with E-state index in [1.807, 2.05) is 6.92 Å². The number of rotatable bonds is 6. The predicted octanol–water partition coefficient (Wildman–Crippen LogP) is 0.515. The average Bonchev–Trinajstić information content (AvgIpc) is 2.10. The third kappa shape index (κ3) is 6.46. The fraction of sp³-hybridized carbons (Fsp3) is 0.889. The van der Waals surface area contributed by atoms with Crippen molar-refractivity contribution in [3.05, 3.63) is 0 Å². The lowest BCUT2D eigenvalue weighted by atomic mass is 9.91. The fourth-order valence-electron chi connectivity index (χ4n) is 0.710. The van der Waals surface area contributed by atoms with Crippen molar-refractivity contribution < 1.29 is 17.9 Å². The molecule has 6 heteroatoms. The maximum atomic E-state index is 11.4. The van der Waals surface area contributed by atoms with E-state index in [-0.39, 0.29) is 19.1 Å². The van der Waals surface area contributed by atoms with E-state index in [1.54, 1.807) is 13.8 Å². The topological polar surface area (TPSA) is 72.5 Å². The SMILES string of the molecule is CCC(C)(C)C(=O)OCCNS(C)(=O)=O. The molecule has 1 N–H and O–H groups in total. The highest BCUT2D eigenvalue weighted by molar-refractivity contribution is 7.88. The molecule has 5 nitrogen and oxygen atoms in total. The molecule has 0 heterocycles. The van der Waals surface area contributed by atoms with Gasteiger partial charge in [-0.2, -0.15) is 0 Å². The molecule has 90 valence electrons. The van der Waals surface area contributed by atoms with Crippen molar-refractivity contribution in [2.24, 2.45) is 5.41 Å². The Morgan fingerprint density at radius 3 is 2.33 bits per heavy atom. The predicted molar refractivity (Wildman–Crippen MR) is 57.9 cm³/mol. The van der Waals surface area contributed by atoms with Crippen molar-refractivity contribution in [3.8, 4) is 0 Å². The number of hydrogen-bond acceptors (Lipinski definition) is 4. The van der Waals surface area contributed by atoms with Gasteiger partial charge in [-0.3, -0.25) is 4.79 Å². The van der Waals surface area contributed by atoms with Crippen LogP contribution in [0.15, 0.2) is 0 Å². The average molecular weight is 237 g/mol. The second-order valence-corrected chi connectivity index (χ2v) is 5.87. The van der Waals surface area contributed by atoms with Gasteiger partial charge in [0.1, 0.15) is 6.61 Å². The molecule has 0 aromatic rings. The number of hydrogen-bond donors (Lipinski definition) is 1.